The van der Waals surface area contributed by atoms with Crippen LogP contribution in [-0.4, -0.2) is 28.8 Å². The third-order valence-corrected chi connectivity index (χ3v) is 6.35. The third-order valence-electron chi connectivity index (χ3n) is 4.65. The highest BCUT2D eigenvalue weighted by Crippen LogP contribution is 2.35. The van der Waals surface area contributed by atoms with Crippen molar-refractivity contribution in [3.63, 3.8) is 0 Å². The molecule has 128 valence electrons. The van der Waals surface area contributed by atoms with Gasteiger partial charge in [0.2, 0.25) is 0 Å². The molecule has 0 radical (unpaired) electrons. The Bertz CT molecular complexity index is 996. The second-order valence-corrected chi connectivity index (χ2v) is 8.22. The van der Waals surface area contributed by atoms with Gasteiger partial charge in [0.25, 0.3) is 10.0 Å². The molecule has 6 heteroatoms. The predicted molar refractivity (Wildman–Crippen MR) is 95.5 cm³/mol. The van der Waals surface area contributed by atoms with Crippen LogP contribution in [0.3, 0.4) is 0 Å². The minimum atomic E-state index is -3.62. The van der Waals surface area contributed by atoms with Crippen molar-refractivity contribution in [2.24, 2.45) is 7.05 Å². The highest BCUT2D eigenvalue weighted by atomic mass is 32.2. The molecule has 1 unspecified atom stereocenters. The van der Waals surface area contributed by atoms with Gasteiger partial charge in [-0.15, -0.1) is 0 Å². The van der Waals surface area contributed by atoms with E-state index < -0.39 is 10.0 Å². The summed E-state index contributed by atoms with van der Waals surface area (Å²) in [7, 11) is -1.86. The van der Waals surface area contributed by atoms with Crippen LogP contribution in [0.2, 0.25) is 0 Å². The SMILES string of the molecule is Cn1cnc(S(=O)(=O)N2Cc3ccccc3C(c3ccccc3)C2)c1. The van der Waals surface area contributed by atoms with Gasteiger partial charge in [-0.2, -0.15) is 4.31 Å². The Morgan fingerprint density at radius 2 is 1.76 bits per heavy atom. The summed E-state index contributed by atoms with van der Waals surface area (Å²) in [5.74, 6) is 0.0182. The van der Waals surface area contributed by atoms with Crippen molar-refractivity contribution in [1.29, 1.82) is 0 Å². The number of hydrogen-bond acceptors (Lipinski definition) is 3. The van der Waals surface area contributed by atoms with Gasteiger partial charge in [0, 0.05) is 32.3 Å². The van der Waals surface area contributed by atoms with Crippen LogP contribution in [0.25, 0.3) is 0 Å². The molecule has 0 saturated carbocycles. The summed E-state index contributed by atoms with van der Waals surface area (Å²) in [6.45, 7) is 0.790. The van der Waals surface area contributed by atoms with E-state index in [-0.39, 0.29) is 10.9 Å². The summed E-state index contributed by atoms with van der Waals surface area (Å²) < 4.78 is 29.3. The first-order chi connectivity index (χ1) is 12.1. The van der Waals surface area contributed by atoms with Crippen molar-refractivity contribution >= 4 is 10.0 Å². The lowest BCUT2D eigenvalue weighted by atomic mass is 9.86. The van der Waals surface area contributed by atoms with Crippen LogP contribution in [0.1, 0.15) is 22.6 Å². The first-order valence-corrected chi connectivity index (χ1v) is 9.60. The molecule has 1 atom stereocenters. The first-order valence-electron chi connectivity index (χ1n) is 8.16. The Balaban J connectivity index is 1.78. The normalized spacial score (nSPS) is 18.0. The highest BCUT2D eigenvalue weighted by molar-refractivity contribution is 7.89. The van der Waals surface area contributed by atoms with Crippen molar-refractivity contribution in [3.8, 4) is 0 Å². The minimum Gasteiger partial charge on any atom is -0.339 e. The number of fused-ring (bicyclic) bond motifs is 1. The second-order valence-electron chi connectivity index (χ2n) is 6.34. The van der Waals surface area contributed by atoms with Gasteiger partial charge in [-0.3, -0.25) is 0 Å². The average Bonchev–Trinajstić information content (AvgIpc) is 3.09. The van der Waals surface area contributed by atoms with E-state index in [0.29, 0.717) is 13.1 Å². The standard InChI is InChI=1S/C19H19N3O2S/c1-21-13-19(20-14-21)25(23,24)22-11-16-9-5-6-10-17(16)18(12-22)15-7-3-2-4-8-15/h2-10,13-14,18H,11-12H2,1H3. The number of rotatable bonds is 3. The first kappa shape index (κ1) is 16.1. The molecule has 2 heterocycles. The van der Waals surface area contributed by atoms with E-state index in [1.54, 1.807) is 17.8 Å². The summed E-state index contributed by atoms with van der Waals surface area (Å²) in [5, 5.41) is 0.0983. The quantitative estimate of drug-likeness (QED) is 0.727. The van der Waals surface area contributed by atoms with Gasteiger partial charge in [0.1, 0.15) is 0 Å². The molecule has 3 aromatic rings. The number of benzene rings is 2. The summed E-state index contributed by atoms with van der Waals surface area (Å²) >= 11 is 0. The van der Waals surface area contributed by atoms with Crippen LogP contribution in [-0.2, 0) is 23.6 Å². The number of nitrogens with zero attached hydrogens (tertiary/aromatic N) is 3. The smallest absolute Gasteiger partial charge is 0.262 e. The van der Waals surface area contributed by atoms with Crippen molar-refractivity contribution in [2.75, 3.05) is 6.54 Å². The van der Waals surface area contributed by atoms with E-state index in [9.17, 15) is 8.42 Å². The van der Waals surface area contributed by atoms with Crippen molar-refractivity contribution < 1.29 is 8.42 Å². The molecule has 0 spiro atoms. The van der Waals surface area contributed by atoms with Crippen LogP contribution in [0.4, 0.5) is 0 Å². The maximum atomic E-state index is 13.0. The summed E-state index contributed by atoms with van der Waals surface area (Å²) in [5.41, 5.74) is 3.36. The molecule has 1 aliphatic rings. The van der Waals surface area contributed by atoms with Crippen LogP contribution in [0.15, 0.2) is 72.1 Å². The second kappa shape index (κ2) is 6.13. The molecule has 1 aliphatic heterocycles. The molecule has 0 N–H and O–H groups in total. The molecule has 0 fully saturated rings. The van der Waals surface area contributed by atoms with Gasteiger partial charge in [0.15, 0.2) is 5.03 Å². The molecule has 0 amide bonds. The van der Waals surface area contributed by atoms with Gasteiger partial charge in [-0.25, -0.2) is 13.4 Å². The summed E-state index contributed by atoms with van der Waals surface area (Å²) in [6.07, 6.45) is 3.06. The third kappa shape index (κ3) is 2.88. The lowest BCUT2D eigenvalue weighted by Gasteiger charge is -2.33. The van der Waals surface area contributed by atoms with E-state index in [1.807, 2.05) is 36.4 Å². The highest BCUT2D eigenvalue weighted by Gasteiger charge is 2.34. The van der Waals surface area contributed by atoms with Crippen LogP contribution in [0, 0.1) is 0 Å². The van der Waals surface area contributed by atoms with Gasteiger partial charge in [-0.05, 0) is 16.7 Å². The largest absolute Gasteiger partial charge is 0.339 e. The number of sulfonamides is 1. The maximum absolute atomic E-state index is 13.0. The van der Waals surface area contributed by atoms with E-state index in [1.165, 1.54) is 16.2 Å². The van der Waals surface area contributed by atoms with Gasteiger partial charge < -0.3 is 4.57 Å². The molecule has 1 aromatic heterocycles. The van der Waals surface area contributed by atoms with E-state index >= 15 is 0 Å². The molecule has 5 nitrogen and oxygen atoms in total. The van der Waals surface area contributed by atoms with Crippen LogP contribution < -0.4 is 0 Å². The Kier molecular flexibility index (Phi) is 3.94. The molecule has 0 bridgehead atoms. The molecular weight excluding hydrogens is 334 g/mol. The Labute approximate surface area is 147 Å². The monoisotopic (exact) mass is 353 g/mol. The van der Waals surface area contributed by atoms with Crippen LogP contribution in [0.5, 0.6) is 0 Å². The number of hydrogen-bond donors (Lipinski definition) is 0. The lowest BCUT2D eigenvalue weighted by Crippen LogP contribution is -2.38. The zero-order valence-electron chi connectivity index (χ0n) is 13.9. The van der Waals surface area contributed by atoms with Crippen LogP contribution >= 0.6 is 0 Å². The molecule has 25 heavy (non-hydrogen) atoms. The van der Waals surface area contributed by atoms with E-state index in [2.05, 4.69) is 23.2 Å². The van der Waals surface area contributed by atoms with Gasteiger partial charge in [0.05, 0.1) is 6.33 Å². The van der Waals surface area contributed by atoms with Crippen molar-refractivity contribution in [3.05, 3.63) is 83.8 Å². The number of imidazole rings is 1. The zero-order chi connectivity index (χ0) is 17.4. The molecule has 0 saturated heterocycles. The molecule has 4 rings (SSSR count). The minimum absolute atomic E-state index is 0.0182. The van der Waals surface area contributed by atoms with Crippen molar-refractivity contribution in [2.45, 2.75) is 17.5 Å². The van der Waals surface area contributed by atoms with E-state index in [4.69, 9.17) is 0 Å². The fourth-order valence-electron chi connectivity index (χ4n) is 3.38. The van der Waals surface area contributed by atoms with Crippen molar-refractivity contribution in [1.82, 2.24) is 13.9 Å². The molecule has 2 aromatic carbocycles. The lowest BCUT2D eigenvalue weighted by molar-refractivity contribution is 0.370. The Hall–Kier alpha value is -2.44. The van der Waals surface area contributed by atoms with E-state index in [0.717, 1.165) is 11.1 Å². The predicted octanol–water partition coefficient (Wildman–Crippen LogP) is 2.76. The molecular formula is C19H19N3O2S. The zero-order valence-corrected chi connectivity index (χ0v) is 14.7. The topological polar surface area (TPSA) is 55.2 Å². The number of aromatic nitrogens is 2. The Morgan fingerprint density at radius 3 is 2.48 bits per heavy atom. The summed E-state index contributed by atoms with van der Waals surface area (Å²) in [4.78, 5) is 4.05. The average molecular weight is 353 g/mol. The fraction of sp³-hybridized carbons (Fsp3) is 0.211. The van der Waals surface area contributed by atoms with Gasteiger partial charge in [-0.1, -0.05) is 54.6 Å². The molecule has 0 aliphatic carbocycles. The van der Waals surface area contributed by atoms with Gasteiger partial charge >= 0.3 is 0 Å². The fourth-order valence-corrected chi connectivity index (χ4v) is 4.78. The maximum Gasteiger partial charge on any atom is 0.262 e. The number of aryl methyl sites for hydroxylation is 1. The Morgan fingerprint density at radius 1 is 1.04 bits per heavy atom. The summed E-state index contributed by atoms with van der Waals surface area (Å²) in [6, 6.07) is 18.1.